The number of nitrogens with two attached hydrogens (primary N) is 1. The first kappa shape index (κ1) is 24.3. The van der Waals surface area contributed by atoms with Crippen LogP contribution in [0.1, 0.15) is 62.0 Å². The van der Waals surface area contributed by atoms with Crippen LogP contribution < -0.4 is 10.5 Å². The number of likely N-dealkylation sites (tertiary alicyclic amines) is 1. The molecule has 1 saturated carbocycles. The Kier molecular flexibility index (Phi) is 8.22. The second-order valence-corrected chi connectivity index (χ2v) is 9.80. The van der Waals surface area contributed by atoms with E-state index in [4.69, 9.17) is 10.5 Å². The minimum Gasteiger partial charge on any atom is -0.491 e. The van der Waals surface area contributed by atoms with Gasteiger partial charge in [-0.05, 0) is 74.1 Å². The molecule has 2 aliphatic rings. The Morgan fingerprint density at radius 1 is 1.03 bits per heavy atom. The summed E-state index contributed by atoms with van der Waals surface area (Å²) < 4.78 is 6.08. The summed E-state index contributed by atoms with van der Waals surface area (Å²) in [6, 6.07) is 18.7. The molecule has 1 heterocycles. The lowest BCUT2D eigenvalue weighted by molar-refractivity contribution is -0.142. The molecule has 1 amide bonds. The lowest BCUT2D eigenvalue weighted by Gasteiger charge is -2.27. The molecular formula is C28H36N2O4. The van der Waals surface area contributed by atoms with E-state index in [9.17, 15) is 14.7 Å². The van der Waals surface area contributed by atoms with Crippen LogP contribution in [0.4, 0.5) is 0 Å². The minimum absolute atomic E-state index is 0.0603. The molecule has 2 atom stereocenters. The number of benzene rings is 2. The lowest BCUT2D eigenvalue weighted by Crippen LogP contribution is -2.38. The largest absolute Gasteiger partial charge is 0.491 e. The van der Waals surface area contributed by atoms with Gasteiger partial charge in [-0.15, -0.1) is 0 Å². The highest BCUT2D eigenvalue weighted by molar-refractivity contribution is 5.85. The lowest BCUT2D eigenvalue weighted by atomic mass is 9.82. The number of carbonyl (C=O) groups is 2. The quantitative estimate of drug-likeness (QED) is 0.545. The number of ether oxygens (including phenoxy) is 1. The van der Waals surface area contributed by atoms with Gasteiger partial charge in [0.1, 0.15) is 12.4 Å². The van der Waals surface area contributed by atoms with Crippen LogP contribution in [0.15, 0.2) is 54.6 Å². The molecule has 0 bridgehead atoms. The fraction of sp³-hybridized carbons (Fsp3) is 0.500. The summed E-state index contributed by atoms with van der Waals surface area (Å²) in [7, 11) is 0. The van der Waals surface area contributed by atoms with E-state index in [1.807, 2.05) is 35.2 Å². The van der Waals surface area contributed by atoms with Crippen molar-refractivity contribution in [2.24, 2.45) is 11.7 Å². The van der Waals surface area contributed by atoms with E-state index in [0.717, 1.165) is 44.3 Å². The van der Waals surface area contributed by atoms with Gasteiger partial charge in [-0.2, -0.15) is 0 Å². The van der Waals surface area contributed by atoms with Gasteiger partial charge in [0.05, 0.1) is 18.4 Å². The molecule has 34 heavy (non-hydrogen) atoms. The van der Waals surface area contributed by atoms with Crippen molar-refractivity contribution in [2.45, 2.75) is 69.4 Å². The predicted molar refractivity (Wildman–Crippen MR) is 132 cm³/mol. The molecule has 2 aromatic carbocycles. The van der Waals surface area contributed by atoms with Gasteiger partial charge in [0.15, 0.2) is 0 Å². The summed E-state index contributed by atoms with van der Waals surface area (Å²) in [6.45, 7) is 0.992. The minimum atomic E-state index is -0.927. The van der Waals surface area contributed by atoms with Gasteiger partial charge in [0, 0.05) is 12.6 Å². The van der Waals surface area contributed by atoms with E-state index in [0.29, 0.717) is 31.5 Å². The zero-order chi connectivity index (χ0) is 23.9. The maximum atomic E-state index is 12.9. The Balaban J connectivity index is 1.33. The Morgan fingerprint density at radius 2 is 1.74 bits per heavy atom. The van der Waals surface area contributed by atoms with Gasteiger partial charge in [-0.25, -0.2) is 0 Å². The number of hydrogen-bond donors (Lipinski definition) is 2. The molecule has 3 N–H and O–H groups in total. The summed E-state index contributed by atoms with van der Waals surface area (Å²) in [5.74, 6) is -0.103. The van der Waals surface area contributed by atoms with Crippen LogP contribution in [0.5, 0.6) is 5.75 Å². The van der Waals surface area contributed by atoms with Crippen LogP contribution in [-0.2, 0) is 16.0 Å². The van der Waals surface area contributed by atoms with Crippen molar-refractivity contribution in [2.75, 3.05) is 13.2 Å². The maximum absolute atomic E-state index is 12.9. The molecule has 2 aromatic rings. The Bertz CT molecular complexity index is 939. The molecule has 182 valence electrons. The highest BCUT2D eigenvalue weighted by atomic mass is 16.5. The second kappa shape index (κ2) is 11.5. The molecule has 4 rings (SSSR count). The summed E-state index contributed by atoms with van der Waals surface area (Å²) in [5, 5.41) is 9.24. The monoisotopic (exact) mass is 464 g/mol. The van der Waals surface area contributed by atoms with Crippen molar-refractivity contribution in [3.05, 3.63) is 65.7 Å². The average Bonchev–Trinajstić information content (AvgIpc) is 3.13. The summed E-state index contributed by atoms with van der Waals surface area (Å²) in [5.41, 5.74) is 8.61. The SMILES string of the molecule is N[C@H]1CC[C@H](c2ccc(OC[C@@H]3C[C@@H](CC(=O)O)C(=O)N3CCCc3ccccc3)cc2)CC1. The molecule has 6 nitrogen and oxygen atoms in total. The van der Waals surface area contributed by atoms with Gasteiger partial charge in [-0.3, -0.25) is 9.59 Å². The molecule has 0 radical (unpaired) electrons. The average molecular weight is 465 g/mol. The van der Waals surface area contributed by atoms with Crippen molar-refractivity contribution >= 4 is 11.9 Å². The number of rotatable bonds is 10. The van der Waals surface area contributed by atoms with Crippen LogP contribution in [-0.4, -0.2) is 47.1 Å². The number of nitrogens with zero attached hydrogens (tertiary/aromatic N) is 1. The van der Waals surface area contributed by atoms with E-state index in [-0.39, 0.29) is 18.4 Å². The third kappa shape index (κ3) is 6.38. The molecule has 6 heteroatoms. The molecule has 0 aromatic heterocycles. The van der Waals surface area contributed by atoms with Crippen molar-refractivity contribution in [1.82, 2.24) is 4.90 Å². The number of carboxylic acid groups (broad SMARTS) is 1. The molecule has 1 saturated heterocycles. The number of carboxylic acids is 1. The van der Waals surface area contributed by atoms with Crippen molar-refractivity contribution in [3.63, 3.8) is 0 Å². The Morgan fingerprint density at radius 3 is 2.41 bits per heavy atom. The first-order valence-electron chi connectivity index (χ1n) is 12.5. The molecule has 2 fully saturated rings. The predicted octanol–water partition coefficient (Wildman–Crippen LogP) is 4.37. The standard InChI is InChI=1S/C28H36N2O4/c29-24-12-8-21(9-13-24)22-10-14-26(15-11-22)34-19-25-17-23(18-27(31)32)28(33)30(25)16-4-7-20-5-2-1-3-6-20/h1-3,5-6,10-11,14-15,21,23-25H,4,7-9,12-13,16-19,29H2,(H,31,32)/t21-,23-,24-,25-/m0/s1. The highest BCUT2D eigenvalue weighted by Gasteiger charge is 2.40. The van der Waals surface area contributed by atoms with Gasteiger partial charge in [0.25, 0.3) is 0 Å². The Labute approximate surface area is 202 Å². The number of aliphatic carboxylic acids is 1. The first-order valence-corrected chi connectivity index (χ1v) is 12.5. The second-order valence-electron chi connectivity index (χ2n) is 9.80. The smallest absolute Gasteiger partial charge is 0.304 e. The van der Waals surface area contributed by atoms with E-state index in [2.05, 4.69) is 24.3 Å². The number of amides is 1. The van der Waals surface area contributed by atoms with Crippen LogP contribution in [0.25, 0.3) is 0 Å². The fourth-order valence-electron chi connectivity index (χ4n) is 5.38. The van der Waals surface area contributed by atoms with Crippen molar-refractivity contribution < 1.29 is 19.4 Å². The fourth-order valence-corrected chi connectivity index (χ4v) is 5.38. The molecule has 0 unspecified atom stereocenters. The van der Waals surface area contributed by atoms with Crippen molar-refractivity contribution in [3.8, 4) is 5.75 Å². The molecular weight excluding hydrogens is 428 g/mol. The summed E-state index contributed by atoms with van der Waals surface area (Å²) >= 11 is 0. The van der Waals surface area contributed by atoms with Crippen LogP contribution >= 0.6 is 0 Å². The summed E-state index contributed by atoms with van der Waals surface area (Å²) in [6.07, 6.45) is 6.55. The van der Waals surface area contributed by atoms with Gasteiger partial charge < -0.3 is 20.5 Å². The van der Waals surface area contributed by atoms with Crippen molar-refractivity contribution in [1.29, 1.82) is 0 Å². The van der Waals surface area contributed by atoms with E-state index in [1.54, 1.807) is 0 Å². The van der Waals surface area contributed by atoms with Crippen LogP contribution in [0.2, 0.25) is 0 Å². The van der Waals surface area contributed by atoms with Gasteiger partial charge in [0.2, 0.25) is 5.91 Å². The maximum Gasteiger partial charge on any atom is 0.304 e. The Hall–Kier alpha value is -2.86. The zero-order valence-electron chi connectivity index (χ0n) is 19.8. The normalized spacial score (nSPS) is 24.9. The number of hydrogen-bond acceptors (Lipinski definition) is 4. The van der Waals surface area contributed by atoms with Gasteiger partial charge in [-0.1, -0.05) is 42.5 Å². The third-order valence-corrected chi connectivity index (χ3v) is 7.32. The van der Waals surface area contributed by atoms with E-state index < -0.39 is 11.9 Å². The molecule has 1 aliphatic heterocycles. The summed E-state index contributed by atoms with van der Waals surface area (Å²) in [4.78, 5) is 26.1. The number of carbonyl (C=O) groups excluding carboxylic acids is 1. The van der Waals surface area contributed by atoms with E-state index >= 15 is 0 Å². The van der Waals surface area contributed by atoms with Gasteiger partial charge >= 0.3 is 5.97 Å². The number of aryl methyl sites for hydroxylation is 1. The third-order valence-electron chi connectivity index (χ3n) is 7.32. The van der Waals surface area contributed by atoms with Crippen LogP contribution in [0.3, 0.4) is 0 Å². The topological polar surface area (TPSA) is 92.9 Å². The highest BCUT2D eigenvalue weighted by Crippen LogP contribution is 2.33. The molecule has 0 spiro atoms. The van der Waals surface area contributed by atoms with E-state index in [1.165, 1.54) is 11.1 Å². The first-order chi connectivity index (χ1) is 16.5. The molecule has 1 aliphatic carbocycles. The zero-order valence-corrected chi connectivity index (χ0v) is 19.8. The van der Waals surface area contributed by atoms with Crippen LogP contribution in [0, 0.1) is 5.92 Å².